The molecular formula is C22H13Cl3N2O2. The normalized spacial score (nSPS) is 10.9. The highest BCUT2D eigenvalue weighted by atomic mass is 35.5. The summed E-state index contributed by atoms with van der Waals surface area (Å²) in [5, 5.41) is 16.1. The second kappa shape index (κ2) is 7.91. The topological polar surface area (TPSA) is 55.1 Å². The maximum atomic E-state index is 12.3. The van der Waals surface area contributed by atoms with Crippen LogP contribution in [0.1, 0.15) is 10.4 Å². The standard InChI is InChI=1S/C22H13Cl3N2O2/c23-15-6-8-18(9-7-15)27-21(13-4-2-1-3-5-13)19(22(28)29)20(26-27)14-10-16(24)12-17(25)11-14/h1-12H,(H,28,29). The Morgan fingerprint density at radius 3 is 2.00 bits per heavy atom. The quantitative estimate of drug-likeness (QED) is 0.374. The van der Waals surface area contributed by atoms with Crippen LogP contribution in [0, 0.1) is 0 Å². The van der Waals surface area contributed by atoms with Crippen LogP contribution in [0.25, 0.3) is 28.2 Å². The summed E-state index contributed by atoms with van der Waals surface area (Å²) in [6.07, 6.45) is 0. The molecule has 29 heavy (non-hydrogen) atoms. The predicted molar refractivity (Wildman–Crippen MR) is 116 cm³/mol. The SMILES string of the molecule is O=C(O)c1c(-c2cc(Cl)cc(Cl)c2)nn(-c2ccc(Cl)cc2)c1-c1ccccc1. The molecule has 0 amide bonds. The average molecular weight is 444 g/mol. The van der Waals surface area contributed by atoms with Crippen molar-refractivity contribution in [3.8, 4) is 28.2 Å². The van der Waals surface area contributed by atoms with E-state index in [0.717, 1.165) is 0 Å². The second-order valence-electron chi connectivity index (χ2n) is 6.29. The minimum Gasteiger partial charge on any atom is -0.478 e. The zero-order chi connectivity index (χ0) is 20.5. The summed E-state index contributed by atoms with van der Waals surface area (Å²) in [4.78, 5) is 12.3. The van der Waals surface area contributed by atoms with E-state index in [-0.39, 0.29) is 11.3 Å². The summed E-state index contributed by atoms with van der Waals surface area (Å²) >= 11 is 18.3. The van der Waals surface area contributed by atoms with E-state index in [0.29, 0.717) is 37.6 Å². The lowest BCUT2D eigenvalue weighted by atomic mass is 10.0. The van der Waals surface area contributed by atoms with E-state index in [1.54, 1.807) is 47.1 Å². The van der Waals surface area contributed by atoms with E-state index in [2.05, 4.69) is 5.10 Å². The Morgan fingerprint density at radius 1 is 0.793 bits per heavy atom. The van der Waals surface area contributed by atoms with Gasteiger partial charge in [0.2, 0.25) is 0 Å². The van der Waals surface area contributed by atoms with E-state index in [9.17, 15) is 9.90 Å². The molecule has 4 nitrogen and oxygen atoms in total. The number of hydrogen-bond acceptors (Lipinski definition) is 2. The number of rotatable bonds is 4. The van der Waals surface area contributed by atoms with E-state index in [1.807, 2.05) is 30.3 Å². The Balaban J connectivity index is 2.07. The average Bonchev–Trinajstić information content (AvgIpc) is 3.09. The largest absolute Gasteiger partial charge is 0.478 e. The fourth-order valence-electron chi connectivity index (χ4n) is 3.15. The molecule has 4 rings (SSSR count). The van der Waals surface area contributed by atoms with Crippen LogP contribution in [0.2, 0.25) is 15.1 Å². The molecule has 7 heteroatoms. The van der Waals surface area contributed by atoms with E-state index in [1.165, 1.54) is 0 Å². The third kappa shape index (κ3) is 3.87. The van der Waals surface area contributed by atoms with Gasteiger partial charge in [0, 0.05) is 26.2 Å². The first kappa shape index (κ1) is 19.5. The molecule has 0 saturated heterocycles. The lowest BCUT2D eigenvalue weighted by Crippen LogP contribution is -2.03. The Bertz CT molecular complexity index is 1180. The fourth-order valence-corrected chi connectivity index (χ4v) is 3.80. The van der Waals surface area contributed by atoms with Crippen LogP contribution in [0.3, 0.4) is 0 Å². The Kier molecular flexibility index (Phi) is 5.33. The zero-order valence-corrected chi connectivity index (χ0v) is 17.1. The first-order valence-electron chi connectivity index (χ1n) is 8.58. The lowest BCUT2D eigenvalue weighted by molar-refractivity contribution is 0.0698. The first-order valence-corrected chi connectivity index (χ1v) is 9.71. The van der Waals surface area contributed by atoms with Crippen LogP contribution < -0.4 is 0 Å². The number of carboxylic acids is 1. The van der Waals surface area contributed by atoms with Crippen molar-refractivity contribution in [2.75, 3.05) is 0 Å². The molecule has 0 unspecified atom stereocenters. The molecule has 3 aromatic carbocycles. The van der Waals surface area contributed by atoms with Gasteiger partial charge >= 0.3 is 5.97 Å². The predicted octanol–water partition coefficient (Wildman–Crippen LogP) is 6.86. The van der Waals surface area contributed by atoms with Crippen molar-refractivity contribution in [1.82, 2.24) is 9.78 Å². The van der Waals surface area contributed by atoms with Gasteiger partial charge in [-0.2, -0.15) is 5.10 Å². The van der Waals surface area contributed by atoms with Crippen LogP contribution >= 0.6 is 34.8 Å². The second-order valence-corrected chi connectivity index (χ2v) is 7.60. The van der Waals surface area contributed by atoms with Crippen molar-refractivity contribution in [2.24, 2.45) is 0 Å². The number of hydrogen-bond donors (Lipinski definition) is 1. The van der Waals surface area contributed by atoms with Gasteiger partial charge in [-0.15, -0.1) is 0 Å². The maximum Gasteiger partial charge on any atom is 0.340 e. The highest BCUT2D eigenvalue weighted by Gasteiger charge is 2.26. The Labute approximate surface area is 181 Å². The van der Waals surface area contributed by atoms with E-state index >= 15 is 0 Å². The first-order chi connectivity index (χ1) is 13.9. The number of carboxylic acid groups (broad SMARTS) is 1. The van der Waals surface area contributed by atoms with Crippen molar-refractivity contribution in [3.63, 3.8) is 0 Å². The molecule has 0 aliphatic carbocycles. The van der Waals surface area contributed by atoms with Crippen molar-refractivity contribution >= 4 is 40.8 Å². The molecule has 1 heterocycles. The number of aromatic nitrogens is 2. The molecule has 1 aromatic heterocycles. The summed E-state index contributed by atoms with van der Waals surface area (Å²) in [7, 11) is 0. The summed E-state index contributed by atoms with van der Waals surface area (Å²) in [6, 6.07) is 21.1. The van der Waals surface area contributed by atoms with E-state index < -0.39 is 5.97 Å². The summed E-state index contributed by atoms with van der Waals surface area (Å²) in [5.74, 6) is -1.10. The summed E-state index contributed by atoms with van der Waals surface area (Å²) in [5.41, 5.74) is 2.69. The number of aromatic carboxylic acids is 1. The molecule has 1 N–H and O–H groups in total. The van der Waals surface area contributed by atoms with Crippen LogP contribution in [0.4, 0.5) is 0 Å². The molecule has 0 saturated carbocycles. The molecule has 0 radical (unpaired) electrons. The smallest absolute Gasteiger partial charge is 0.340 e. The lowest BCUT2D eigenvalue weighted by Gasteiger charge is -2.09. The molecular weight excluding hydrogens is 431 g/mol. The van der Waals surface area contributed by atoms with Crippen molar-refractivity contribution in [3.05, 3.63) is 93.4 Å². The van der Waals surface area contributed by atoms with Gasteiger partial charge in [-0.3, -0.25) is 0 Å². The monoisotopic (exact) mass is 442 g/mol. The van der Waals surface area contributed by atoms with Gasteiger partial charge in [0.15, 0.2) is 0 Å². The van der Waals surface area contributed by atoms with E-state index in [4.69, 9.17) is 34.8 Å². The molecule has 4 aromatic rings. The number of halogens is 3. The molecule has 0 bridgehead atoms. The van der Waals surface area contributed by atoms with Crippen LogP contribution in [-0.2, 0) is 0 Å². The number of benzene rings is 3. The maximum absolute atomic E-state index is 12.3. The fraction of sp³-hybridized carbons (Fsp3) is 0. The molecule has 0 aliphatic rings. The van der Waals surface area contributed by atoms with Gasteiger partial charge in [-0.05, 0) is 42.5 Å². The third-order valence-corrected chi connectivity index (χ3v) is 5.04. The highest BCUT2D eigenvalue weighted by Crippen LogP contribution is 2.36. The Hall–Kier alpha value is -2.79. The van der Waals surface area contributed by atoms with Crippen molar-refractivity contribution in [2.45, 2.75) is 0 Å². The minimum absolute atomic E-state index is 0.0597. The Morgan fingerprint density at radius 2 is 1.41 bits per heavy atom. The minimum atomic E-state index is -1.10. The van der Waals surface area contributed by atoms with Gasteiger partial charge in [0.25, 0.3) is 0 Å². The molecule has 0 atom stereocenters. The van der Waals surface area contributed by atoms with Gasteiger partial charge in [0.1, 0.15) is 11.3 Å². The van der Waals surface area contributed by atoms with Gasteiger partial charge in [-0.25, -0.2) is 9.48 Å². The van der Waals surface area contributed by atoms with Crippen LogP contribution in [-0.4, -0.2) is 20.9 Å². The number of carbonyl (C=O) groups is 1. The highest BCUT2D eigenvalue weighted by molar-refractivity contribution is 6.35. The molecule has 0 aliphatic heterocycles. The van der Waals surface area contributed by atoms with Crippen molar-refractivity contribution in [1.29, 1.82) is 0 Å². The van der Waals surface area contributed by atoms with Gasteiger partial charge in [-0.1, -0.05) is 65.1 Å². The third-order valence-electron chi connectivity index (χ3n) is 4.35. The summed E-state index contributed by atoms with van der Waals surface area (Å²) < 4.78 is 1.60. The summed E-state index contributed by atoms with van der Waals surface area (Å²) in [6.45, 7) is 0. The molecule has 0 fully saturated rings. The zero-order valence-electron chi connectivity index (χ0n) is 14.8. The van der Waals surface area contributed by atoms with Crippen molar-refractivity contribution < 1.29 is 9.90 Å². The number of nitrogens with zero attached hydrogens (tertiary/aromatic N) is 2. The van der Waals surface area contributed by atoms with Gasteiger partial charge in [0.05, 0.1) is 11.4 Å². The molecule has 144 valence electrons. The van der Waals surface area contributed by atoms with Gasteiger partial charge < -0.3 is 5.11 Å². The van der Waals surface area contributed by atoms with Crippen LogP contribution in [0.5, 0.6) is 0 Å². The molecule has 0 spiro atoms. The van der Waals surface area contributed by atoms with Crippen LogP contribution in [0.15, 0.2) is 72.8 Å².